The third-order valence-corrected chi connectivity index (χ3v) is 5.33. The predicted molar refractivity (Wildman–Crippen MR) is 117 cm³/mol. The molecule has 1 aromatic heterocycles. The Morgan fingerprint density at radius 3 is 2.41 bits per heavy atom. The summed E-state index contributed by atoms with van der Waals surface area (Å²) in [7, 11) is 0. The first-order valence-corrected chi connectivity index (χ1v) is 10.2. The van der Waals surface area contributed by atoms with Crippen LogP contribution in [0.5, 0.6) is 5.75 Å². The lowest BCUT2D eigenvalue weighted by atomic mass is 9.98. The number of aliphatic hydroxyl groups excluding tert-OH is 1. The Labute approximate surface area is 184 Å². The largest absolute Gasteiger partial charge is 0.507 e. The first kappa shape index (κ1) is 21.4. The monoisotopic (exact) mass is 435 g/mol. The lowest BCUT2D eigenvalue weighted by molar-refractivity contribution is -0.132. The molecule has 164 valence electrons. The molecule has 0 aliphatic carbocycles. The quantitative estimate of drug-likeness (QED) is 0.344. The first-order valence-electron chi connectivity index (χ1n) is 10.2. The van der Waals surface area contributed by atoms with E-state index in [-0.39, 0.29) is 11.3 Å². The van der Waals surface area contributed by atoms with Crippen molar-refractivity contribution < 1.29 is 28.2 Å². The molecule has 1 saturated heterocycles. The molecule has 0 saturated carbocycles. The van der Waals surface area contributed by atoms with E-state index in [0.717, 1.165) is 5.56 Å². The van der Waals surface area contributed by atoms with Gasteiger partial charge in [0, 0.05) is 11.3 Å². The Morgan fingerprint density at radius 2 is 1.81 bits per heavy atom. The summed E-state index contributed by atoms with van der Waals surface area (Å²) in [5.74, 6) is -0.915. The molecule has 4 rings (SSSR count). The second-order valence-corrected chi connectivity index (χ2v) is 7.51. The van der Waals surface area contributed by atoms with Gasteiger partial charge >= 0.3 is 0 Å². The number of ether oxygens (including phenoxy) is 1. The van der Waals surface area contributed by atoms with Crippen molar-refractivity contribution in [3.63, 3.8) is 0 Å². The molecule has 1 fully saturated rings. The molecule has 1 aliphatic heterocycles. The number of carbonyl (C=O) groups excluding carboxylic acids is 2. The highest BCUT2D eigenvalue weighted by Gasteiger charge is 2.48. The van der Waals surface area contributed by atoms with E-state index < -0.39 is 23.5 Å². The van der Waals surface area contributed by atoms with E-state index in [1.54, 1.807) is 37.3 Å². The van der Waals surface area contributed by atoms with Crippen LogP contribution in [0.25, 0.3) is 5.76 Å². The molecular weight excluding hydrogens is 413 g/mol. The zero-order chi connectivity index (χ0) is 23.0. The van der Waals surface area contributed by atoms with Crippen LogP contribution in [0.4, 0.5) is 10.1 Å². The molecule has 2 aromatic carbocycles. The van der Waals surface area contributed by atoms with Crippen LogP contribution in [-0.4, -0.2) is 23.4 Å². The van der Waals surface area contributed by atoms with Crippen molar-refractivity contribution >= 4 is 23.1 Å². The number of benzene rings is 2. The Balaban J connectivity index is 1.89. The highest BCUT2D eigenvalue weighted by Crippen LogP contribution is 2.42. The molecule has 2 heterocycles. The molecule has 1 atom stereocenters. The summed E-state index contributed by atoms with van der Waals surface area (Å²) < 4.78 is 24.8. The number of aliphatic hydroxyl groups is 1. The second kappa shape index (κ2) is 8.34. The summed E-state index contributed by atoms with van der Waals surface area (Å²) in [6.45, 7) is 5.93. The van der Waals surface area contributed by atoms with Gasteiger partial charge in [-0.1, -0.05) is 0 Å². The standard InChI is InChI=1S/C25H22FNO5/c1-4-31-19-12-6-16(13-14(19)2)23(28)21-22(20-11-5-15(3)32-20)27(25(30)24(21)29)18-9-7-17(26)8-10-18/h5-13,22,28H,4H2,1-3H3/b23-21-. The van der Waals surface area contributed by atoms with Crippen LogP contribution < -0.4 is 9.64 Å². The molecule has 0 radical (unpaired) electrons. The number of aryl methyl sites for hydroxylation is 2. The van der Waals surface area contributed by atoms with Crippen LogP contribution in [0.1, 0.15) is 35.6 Å². The Bertz CT molecular complexity index is 1230. The molecule has 1 N–H and O–H groups in total. The number of anilines is 1. The van der Waals surface area contributed by atoms with E-state index in [1.165, 1.54) is 29.2 Å². The van der Waals surface area contributed by atoms with Crippen molar-refractivity contribution in [1.29, 1.82) is 0 Å². The smallest absolute Gasteiger partial charge is 0.300 e. The van der Waals surface area contributed by atoms with Gasteiger partial charge in [-0.3, -0.25) is 14.5 Å². The van der Waals surface area contributed by atoms with Gasteiger partial charge in [0.25, 0.3) is 11.7 Å². The molecule has 1 unspecified atom stereocenters. The number of rotatable bonds is 5. The predicted octanol–water partition coefficient (Wildman–Crippen LogP) is 5.06. The number of hydrogen-bond acceptors (Lipinski definition) is 5. The molecule has 6 nitrogen and oxygen atoms in total. The van der Waals surface area contributed by atoms with Crippen LogP contribution in [0.2, 0.25) is 0 Å². The summed E-state index contributed by atoms with van der Waals surface area (Å²) in [6, 6.07) is 12.6. The minimum Gasteiger partial charge on any atom is -0.507 e. The van der Waals surface area contributed by atoms with Gasteiger partial charge in [0.05, 0.1) is 12.2 Å². The van der Waals surface area contributed by atoms with Crippen molar-refractivity contribution in [1.82, 2.24) is 0 Å². The number of Topliss-reactive ketones (excluding diaryl/α,β-unsaturated/α-hetero) is 1. The van der Waals surface area contributed by atoms with Gasteiger partial charge in [-0.15, -0.1) is 0 Å². The van der Waals surface area contributed by atoms with Gasteiger partial charge < -0.3 is 14.3 Å². The van der Waals surface area contributed by atoms with Crippen molar-refractivity contribution in [3.05, 3.63) is 88.6 Å². The lowest BCUT2D eigenvalue weighted by Crippen LogP contribution is -2.29. The first-order chi connectivity index (χ1) is 15.3. The molecule has 0 spiro atoms. The van der Waals surface area contributed by atoms with Gasteiger partial charge in [-0.05, 0) is 80.9 Å². The van der Waals surface area contributed by atoms with E-state index >= 15 is 0 Å². The van der Waals surface area contributed by atoms with E-state index in [1.807, 2.05) is 13.8 Å². The zero-order valence-electron chi connectivity index (χ0n) is 17.9. The minimum absolute atomic E-state index is 0.0998. The number of hydrogen-bond donors (Lipinski definition) is 1. The minimum atomic E-state index is -0.999. The van der Waals surface area contributed by atoms with E-state index in [9.17, 15) is 19.1 Å². The number of nitrogens with zero attached hydrogens (tertiary/aromatic N) is 1. The SMILES string of the molecule is CCOc1ccc(/C(O)=C2/C(=O)C(=O)N(c3ccc(F)cc3)C2c2ccc(C)o2)cc1C. The van der Waals surface area contributed by atoms with E-state index in [2.05, 4.69) is 0 Å². The maximum Gasteiger partial charge on any atom is 0.300 e. The fraction of sp³-hybridized carbons (Fsp3) is 0.200. The van der Waals surface area contributed by atoms with E-state index in [4.69, 9.17) is 9.15 Å². The molecule has 3 aromatic rings. The molecule has 0 bridgehead atoms. The van der Waals surface area contributed by atoms with Gasteiger partial charge in [-0.25, -0.2) is 4.39 Å². The Kier molecular flexibility index (Phi) is 5.57. The second-order valence-electron chi connectivity index (χ2n) is 7.51. The third-order valence-electron chi connectivity index (χ3n) is 5.33. The van der Waals surface area contributed by atoms with Gasteiger partial charge in [0.15, 0.2) is 0 Å². The third kappa shape index (κ3) is 3.66. The van der Waals surface area contributed by atoms with Crippen molar-refractivity contribution in [3.8, 4) is 5.75 Å². The fourth-order valence-electron chi connectivity index (χ4n) is 3.84. The average molecular weight is 435 g/mol. The van der Waals surface area contributed by atoms with Gasteiger partial charge in [-0.2, -0.15) is 0 Å². The Morgan fingerprint density at radius 1 is 1.09 bits per heavy atom. The zero-order valence-corrected chi connectivity index (χ0v) is 17.9. The fourth-order valence-corrected chi connectivity index (χ4v) is 3.84. The molecule has 1 amide bonds. The number of halogens is 1. The van der Waals surface area contributed by atoms with Crippen LogP contribution in [0, 0.1) is 19.7 Å². The lowest BCUT2D eigenvalue weighted by Gasteiger charge is -2.23. The number of carbonyl (C=O) groups is 2. The van der Waals surface area contributed by atoms with Gasteiger partial charge in [0.2, 0.25) is 0 Å². The highest BCUT2D eigenvalue weighted by atomic mass is 19.1. The normalized spacial score (nSPS) is 17.8. The summed E-state index contributed by atoms with van der Waals surface area (Å²) in [5, 5.41) is 11.1. The summed E-state index contributed by atoms with van der Waals surface area (Å²) in [4.78, 5) is 27.3. The molecule has 7 heteroatoms. The highest BCUT2D eigenvalue weighted by molar-refractivity contribution is 6.51. The van der Waals surface area contributed by atoms with Crippen molar-refractivity contribution in [2.75, 3.05) is 11.5 Å². The summed E-state index contributed by atoms with van der Waals surface area (Å²) in [6.07, 6.45) is 0. The topological polar surface area (TPSA) is 80.0 Å². The molecular formula is C25H22FNO5. The van der Waals surface area contributed by atoms with Crippen molar-refractivity contribution in [2.24, 2.45) is 0 Å². The van der Waals surface area contributed by atoms with Crippen LogP contribution >= 0.6 is 0 Å². The molecule has 32 heavy (non-hydrogen) atoms. The maximum absolute atomic E-state index is 13.5. The average Bonchev–Trinajstić information content (AvgIpc) is 3.31. The van der Waals surface area contributed by atoms with Crippen molar-refractivity contribution in [2.45, 2.75) is 26.8 Å². The van der Waals surface area contributed by atoms with Crippen LogP contribution in [0.3, 0.4) is 0 Å². The molecule has 1 aliphatic rings. The van der Waals surface area contributed by atoms with Crippen LogP contribution in [0.15, 0.2) is 64.6 Å². The summed E-state index contributed by atoms with van der Waals surface area (Å²) in [5.41, 5.74) is 1.36. The number of amides is 1. The van der Waals surface area contributed by atoms with Crippen LogP contribution in [-0.2, 0) is 9.59 Å². The Hall–Kier alpha value is -3.87. The number of furan rings is 1. The summed E-state index contributed by atoms with van der Waals surface area (Å²) >= 11 is 0. The van der Waals surface area contributed by atoms with E-state index in [0.29, 0.717) is 35.1 Å². The van der Waals surface area contributed by atoms with Gasteiger partial charge in [0.1, 0.15) is 34.9 Å². The number of ketones is 1. The maximum atomic E-state index is 13.5.